The topological polar surface area (TPSA) is 127 Å². The number of amides is 1. The first-order valence-corrected chi connectivity index (χ1v) is 6.28. The Bertz CT molecular complexity index is 559. The Morgan fingerprint density at radius 1 is 1.43 bits per heavy atom. The molecule has 0 spiro atoms. The monoisotopic (exact) mass is 295 g/mol. The van der Waals surface area contributed by atoms with E-state index >= 15 is 0 Å². The minimum absolute atomic E-state index is 0.0487. The number of nitro groups is 1. The third kappa shape index (κ3) is 5.19. The minimum Gasteiger partial charge on any atom is -0.481 e. The number of rotatable bonds is 8. The van der Waals surface area contributed by atoms with Crippen LogP contribution in [0.2, 0.25) is 0 Å². The molecule has 0 heterocycles. The minimum atomic E-state index is -0.875. The van der Waals surface area contributed by atoms with E-state index in [0.29, 0.717) is 18.5 Å². The van der Waals surface area contributed by atoms with Gasteiger partial charge in [-0.05, 0) is 26.1 Å². The SMILES string of the molecule is CN(CCCC(=O)O)Cc1ccc(C(N)=O)cc1[N+](=O)[O-]. The average molecular weight is 295 g/mol. The van der Waals surface area contributed by atoms with E-state index in [0.717, 1.165) is 6.07 Å². The van der Waals surface area contributed by atoms with Gasteiger partial charge in [-0.15, -0.1) is 0 Å². The summed E-state index contributed by atoms with van der Waals surface area (Å²) in [6.07, 6.45) is 0.506. The Balaban J connectivity index is 2.80. The van der Waals surface area contributed by atoms with Crippen molar-refractivity contribution in [1.29, 1.82) is 0 Å². The van der Waals surface area contributed by atoms with Gasteiger partial charge in [-0.1, -0.05) is 6.07 Å². The number of hydrogen-bond acceptors (Lipinski definition) is 5. The van der Waals surface area contributed by atoms with Crippen molar-refractivity contribution in [2.45, 2.75) is 19.4 Å². The second-order valence-electron chi connectivity index (χ2n) is 4.70. The first kappa shape index (κ1) is 16.6. The molecule has 1 aromatic carbocycles. The maximum Gasteiger partial charge on any atom is 0.303 e. The van der Waals surface area contributed by atoms with E-state index in [9.17, 15) is 19.7 Å². The van der Waals surface area contributed by atoms with Crippen molar-refractivity contribution in [1.82, 2.24) is 4.90 Å². The molecule has 0 atom stereocenters. The van der Waals surface area contributed by atoms with Gasteiger partial charge in [0, 0.05) is 30.2 Å². The predicted molar refractivity (Wildman–Crippen MR) is 74.8 cm³/mol. The van der Waals surface area contributed by atoms with E-state index in [1.54, 1.807) is 11.9 Å². The molecule has 0 bridgehead atoms. The molecular weight excluding hydrogens is 278 g/mol. The number of carboxylic acids is 1. The number of carboxylic acid groups (broad SMARTS) is 1. The first-order valence-electron chi connectivity index (χ1n) is 6.28. The largest absolute Gasteiger partial charge is 0.481 e. The number of carbonyl (C=O) groups is 2. The van der Waals surface area contributed by atoms with Crippen LogP contribution in [0, 0.1) is 10.1 Å². The molecule has 8 heteroatoms. The molecule has 0 unspecified atom stereocenters. The van der Waals surface area contributed by atoms with Crippen LogP contribution in [0.3, 0.4) is 0 Å². The van der Waals surface area contributed by atoms with Crippen LogP contribution in [0.4, 0.5) is 5.69 Å². The van der Waals surface area contributed by atoms with Crippen LogP contribution >= 0.6 is 0 Å². The molecule has 0 aliphatic rings. The van der Waals surface area contributed by atoms with Gasteiger partial charge in [-0.3, -0.25) is 19.7 Å². The van der Waals surface area contributed by atoms with E-state index in [1.165, 1.54) is 12.1 Å². The zero-order chi connectivity index (χ0) is 16.0. The second-order valence-corrected chi connectivity index (χ2v) is 4.70. The van der Waals surface area contributed by atoms with Crippen LogP contribution in [-0.4, -0.2) is 40.4 Å². The number of nitro benzene ring substituents is 1. The second kappa shape index (κ2) is 7.34. The molecule has 0 aliphatic carbocycles. The highest BCUT2D eigenvalue weighted by atomic mass is 16.6. The Hall–Kier alpha value is -2.48. The molecule has 1 aromatic rings. The summed E-state index contributed by atoms with van der Waals surface area (Å²) >= 11 is 0. The zero-order valence-corrected chi connectivity index (χ0v) is 11.6. The van der Waals surface area contributed by atoms with Gasteiger partial charge in [0.1, 0.15) is 0 Å². The van der Waals surface area contributed by atoms with E-state index in [2.05, 4.69) is 0 Å². The molecular formula is C13H17N3O5. The van der Waals surface area contributed by atoms with Gasteiger partial charge in [0.05, 0.1) is 4.92 Å². The summed E-state index contributed by atoms with van der Waals surface area (Å²) in [6.45, 7) is 0.788. The van der Waals surface area contributed by atoms with Gasteiger partial charge in [-0.2, -0.15) is 0 Å². The summed E-state index contributed by atoms with van der Waals surface area (Å²) in [5.74, 6) is -1.60. The summed E-state index contributed by atoms with van der Waals surface area (Å²) in [7, 11) is 1.74. The molecule has 0 aromatic heterocycles. The van der Waals surface area contributed by atoms with E-state index in [4.69, 9.17) is 10.8 Å². The fourth-order valence-corrected chi connectivity index (χ4v) is 1.89. The fraction of sp³-hybridized carbons (Fsp3) is 0.385. The van der Waals surface area contributed by atoms with E-state index in [1.807, 2.05) is 0 Å². The number of nitrogens with zero attached hydrogens (tertiary/aromatic N) is 2. The van der Waals surface area contributed by atoms with Crippen molar-refractivity contribution in [2.24, 2.45) is 5.73 Å². The lowest BCUT2D eigenvalue weighted by Crippen LogP contribution is -2.21. The van der Waals surface area contributed by atoms with Crippen molar-refractivity contribution < 1.29 is 19.6 Å². The van der Waals surface area contributed by atoms with E-state index < -0.39 is 16.8 Å². The number of carbonyl (C=O) groups excluding carboxylic acids is 1. The molecule has 1 amide bonds. The lowest BCUT2D eigenvalue weighted by molar-refractivity contribution is -0.385. The van der Waals surface area contributed by atoms with Crippen molar-refractivity contribution in [3.8, 4) is 0 Å². The van der Waals surface area contributed by atoms with E-state index in [-0.39, 0.29) is 24.2 Å². The molecule has 0 fully saturated rings. The van der Waals surface area contributed by atoms with Crippen molar-refractivity contribution in [2.75, 3.05) is 13.6 Å². The molecule has 8 nitrogen and oxygen atoms in total. The highest BCUT2D eigenvalue weighted by Gasteiger charge is 2.17. The highest BCUT2D eigenvalue weighted by Crippen LogP contribution is 2.21. The van der Waals surface area contributed by atoms with Gasteiger partial charge in [0.15, 0.2) is 0 Å². The molecule has 0 saturated carbocycles. The maximum atomic E-state index is 11.0. The van der Waals surface area contributed by atoms with Crippen LogP contribution in [0.1, 0.15) is 28.8 Å². The first-order chi connectivity index (χ1) is 9.81. The van der Waals surface area contributed by atoms with Crippen molar-refractivity contribution >= 4 is 17.6 Å². The standard InChI is InChI=1S/C13H17N3O5/c1-15(6-2-3-12(17)18)8-10-5-4-9(13(14)19)7-11(10)16(20)21/h4-5,7H,2-3,6,8H2,1H3,(H2,14,19)(H,17,18). The summed E-state index contributed by atoms with van der Waals surface area (Å²) < 4.78 is 0. The summed E-state index contributed by atoms with van der Waals surface area (Å²) in [6, 6.07) is 4.09. The van der Waals surface area contributed by atoms with Crippen LogP contribution in [0.25, 0.3) is 0 Å². The average Bonchev–Trinajstić information content (AvgIpc) is 2.38. The van der Waals surface area contributed by atoms with Crippen molar-refractivity contribution in [3.05, 3.63) is 39.4 Å². The quantitative estimate of drug-likeness (QED) is 0.544. The van der Waals surface area contributed by atoms with Gasteiger partial charge < -0.3 is 15.7 Å². The van der Waals surface area contributed by atoms with Crippen LogP contribution in [0.5, 0.6) is 0 Å². The van der Waals surface area contributed by atoms with Gasteiger partial charge in [0.2, 0.25) is 5.91 Å². The number of benzene rings is 1. The third-order valence-electron chi connectivity index (χ3n) is 2.94. The number of hydrogen-bond donors (Lipinski definition) is 2. The van der Waals surface area contributed by atoms with Gasteiger partial charge in [-0.25, -0.2) is 0 Å². The molecule has 21 heavy (non-hydrogen) atoms. The highest BCUT2D eigenvalue weighted by molar-refractivity contribution is 5.93. The Morgan fingerprint density at radius 3 is 2.62 bits per heavy atom. The van der Waals surface area contributed by atoms with Crippen molar-refractivity contribution in [3.63, 3.8) is 0 Å². The molecule has 3 N–H and O–H groups in total. The molecule has 0 aliphatic heterocycles. The van der Waals surface area contributed by atoms with Crippen LogP contribution in [0.15, 0.2) is 18.2 Å². The Labute approximate surface area is 121 Å². The predicted octanol–water partition coefficient (Wildman–Crippen LogP) is 0.990. The zero-order valence-electron chi connectivity index (χ0n) is 11.6. The smallest absolute Gasteiger partial charge is 0.303 e. The van der Waals surface area contributed by atoms with Gasteiger partial charge >= 0.3 is 5.97 Å². The maximum absolute atomic E-state index is 11.0. The normalized spacial score (nSPS) is 10.6. The molecule has 0 radical (unpaired) electrons. The lowest BCUT2D eigenvalue weighted by Gasteiger charge is -2.16. The lowest BCUT2D eigenvalue weighted by atomic mass is 10.1. The summed E-state index contributed by atoms with van der Waals surface area (Å²) in [4.78, 5) is 33.7. The van der Waals surface area contributed by atoms with Gasteiger partial charge in [0.25, 0.3) is 5.69 Å². The number of primary amides is 1. The molecule has 1 rings (SSSR count). The van der Waals surface area contributed by atoms with Crippen LogP contribution in [-0.2, 0) is 11.3 Å². The number of aliphatic carboxylic acids is 1. The third-order valence-corrected chi connectivity index (χ3v) is 2.94. The summed E-state index contributed by atoms with van der Waals surface area (Å²) in [5, 5.41) is 19.6. The molecule has 0 saturated heterocycles. The van der Waals surface area contributed by atoms with Crippen LogP contribution < -0.4 is 5.73 Å². The Kier molecular flexibility index (Phi) is 5.79. The fourth-order valence-electron chi connectivity index (χ4n) is 1.89. The Morgan fingerprint density at radius 2 is 2.10 bits per heavy atom. The summed E-state index contributed by atoms with van der Waals surface area (Å²) in [5.41, 5.74) is 5.46. The number of nitrogens with two attached hydrogens (primary N) is 1. The molecule has 114 valence electrons.